The van der Waals surface area contributed by atoms with Crippen molar-refractivity contribution < 1.29 is 9.59 Å². The summed E-state index contributed by atoms with van der Waals surface area (Å²) in [7, 11) is 0. The van der Waals surface area contributed by atoms with Gasteiger partial charge in [0.15, 0.2) is 11.6 Å². The second-order valence-corrected chi connectivity index (χ2v) is 1.11. The fourth-order valence-electron chi connectivity index (χ4n) is 0. The molecule has 0 aliphatic heterocycles. The summed E-state index contributed by atoms with van der Waals surface area (Å²) >= 11 is 0. The van der Waals surface area contributed by atoms with E-state index in [0.717, 1.165) is 0 Å². The first kappa shape index (κ1) is 9.80. The van der Waals surface area contributed by atoms with Crippen molar-refractivity contribution in [2.45, 2.75) is 13.8 Å². The SMILES string of the molecule is CC(=O)C(C)=O.Cl. The first-order valence-corrected chi connectivity index (χ1v) is 1.66. The smallest absolute Gasteiger partial charge is 0.195 e. The van der Waals surface area contributed by atoms with Crippen LogP contribution in [0.15, 0.2) is 0 Å². The Morgan fingerprint density at radius 1 is 1.00 bits per heavy atom. The van der Waals surface area contributed by atoms with Crippen LogP contribution >= 0.6 is 12.4 Å². The van der Waals surface area contributed by atoms with Gasteiger partial charge in [-0.2, -0.15) is 0 Å². The van der Waals surface area contributed by atoms with Gasteiger partial charge in [-0.25, -0.2) is 0 Å². The number of rotatable bonds is 1. The molecule has 0 saturated carbocycles. The Bertz CT molecular complexity index is 75.7. The minimum atomic E-state index is -0.380. The van der Waals surface area contributed by atoms with Crippen molar-refractivity contribution in [3.05, 3.63) is 0 Å². The molecule has 0 atom stereocenters. The van der Waals surface area contributed by atoms with Crippen LogP contribution in [0, 0.1) is 0 Å². The van der Waals surface area contributed by atoms with Crippen molar-refractivity contribution in [2.75, 3.05) is 0 Å². The number of halogens is 1. The van der Waals surface area contributed by atoms with Gasteiger partial charge < -0.3 is 0 Å². The molecule has 0 fully saturated rings. The zero-order valence-electron chi connectivity index (χ0n) is 4.22. The van der Waals surface area contributed by atoms with E-state index < -0.39 is 0 Å². The quantitative estimate of drug-likeness (QED) is 0.477. The molecular formula is C4H7ClO2. The summed E-state index contributed by atoms with van der Waals surface area (Å²) in [5.74, 6) is -0.759. The summed E-state index contributed by atoms with van der Waals surface area (Å²) in [5.41, 5.74) is 0. The Labute approximate surface area is 48.3 Å². The van der Waals surface area contributed by atoms with Crippen LogP contribution in [0.3, 0.4) is 0 Å². The second-order valence-electron chi connectivity index (χ2n) is 1.11. The van der Waals surface area contributed by atoms with Crippen molar-refractivity contribution in [2.24, 2.45) is 0 Å². The normalized spacial score (nSPS) is 6.57. The maximum Gasteiger partial charge on any atom is 0.195 e. The Kier molecular flexibility index (Phi) is 5.33. The molecule has 3 heteroatoms. The fraction of sp³-hybridized carbons (Fsp3) is 0.500. The zero-order valence-corrected chi connectivity index (χ0v) is 5.04. The van der Waals surface area contributed by atoms with E-state index in [2.05, 4.69) is 0 Å². The van der Waals surface area contributed by atoms with Crippen LogP contribution in [0.4, 0.5) is 0 Å². The average Bonchev–Trinajstić information content (AvgIpc) is 1.36. The predicted octanol–water partition coefficient (Wildman–Crippen LogP) is 0.586. The first-order chi connectivity index (χ1) is 2.64. The minimum absolute atomic E-state index is 0. The largest absolute Gasteiger partial charge is 0.291 e. The van der Waals surface area contributed by atoms with Crippen LogP contribution in [0.25, 0.3) is 0 Å². The van der Waals surface area contributed by atoms with E-state index in [1.807, 2.05) is 0 Å². The van der Waals surface area contributed by atoms with E-state index in [4.69, 9.17) is 0 Å². The van der Waals surface area contributed by atoms with Gasteiger partial charge in [-0.3, -0.25) is 9.59 Å². The van der Waals surface area contributed by atoms with Gasteiger partial charge in [-0.1, -0.05) is 0 Å². The molecule has 0 radical (unpaired) electrons. The zero-order chi connectivity index (χ0) is 5.15. The summed E-state index contributed by atoms with van der Waals surface area (Å²) in [6.45, 7) is 2.50. The van der Waals surface area contributed by atoms with Gasteiger partial charge >= 0.3 is 0 Å². The lowest BCUT2D eigenvalue weighted by atomic mass is 10.3. The Morgan fingerprint density at radius 2 is 1.14 bits per heavy atom. The van der Waals surface area contributed by atoms with E-state index >= 15 is 0 Å². The van der Waals surface area contributed by atoms with E-state index in [1.54, 1.807) is 0 Å². The molecule has 0 bridgehead atoms. The third-order valence-electron chi connectivity index (χ3n) is 0.496. The van der Waals surface area contributed by atoms with Crippen LogP contribution in [0.1, 0.15) is 13.8 Å². The molecule has 0 aromatic rings. The number of carbonyl (C=O) groups is 2. The Balaban J connectivity index is 0. The highest BCUT2D eigenvalue weighted by atomic mass is 35.5. The highest BCUT2D eigenvalue weighted by Crippen LogP contribution is 1.66. The van der Waals surface area contributed by atoms with Gasteiger partial charge in [0.05, 0.1) is 0 Å². The lowest BCUT2D eigenvalue weighted by Crippen LogP contribution is -2.01. The van der Waals surface area contributed by atoms with Gasteiger partial charge in [-0.15, -0.1) is 12.4 Å². The number of hydrogen-bond donors (Lipinski definition) is 0. The monoisotopic (exact) mass is 122 g/mol. The van der Waals surface area contributed by atoms with Crippen LogP contribution in [0.2, 0.25) is 0 Å². The maximum atomic E-state index is 9.79. The van der Waals surface area contributed by atoms with Crippen molar-refractivity contribution in [1.29, 1.82) is 0 Å². The van der Waals surface area contributed by atoms with Gasteiger partial charge in [0, 0.05) is 13.8 Å². The van der Waals surface area contributed by atoms with E-state index in [-0.39, 0.29) is 24.0 Å². The molecule has 0 aliphatic rings. The predicted molar refractivity (Wildman–Crippen MR) is 28.6 cm³/mol. The Morgan fingerprint density at radius 3 is 1.14 bits per heavy atom. The molecule has 2 nitrogen and oxygen atoms in total. The van der Waals surface area contributed by atoms with Gasteiger partial charge in [0.1, 0.15) is 0 Å². The molecule has 0 unspecified atom stereocenters. The lowest BCUT2D eigenvalue weighted by molar-refractivity contribution is -0.134. The number of carbonyl (C=O) groups excluding carboxylic acids is 2. The number of hydrogen-bond acceptors (Lipinski definition) is 2. The summed E-state index contributed by atoms with van der Waals surface area (Å²) in [5, 5.41) is 0. The van der Waals surface area contributed by atoms with Crippen molar-refractivity contribution in [1.82, 2.24) is 0 Å². The van der Waals surface area contributed by atoms with Gasteiger partial charge in [-0.05, 0) is 0 Å². The number of ketones is 2. The molecule has 0 heterocycles. The van der Waals surface area contributed by atoms with Crippen molar-refractivity contribution in [3.63, 3.8) is 0 Å². The highest BCUT2D eigenvalue weighted by Gasteiger charge is 1.94. The fourth-order valence-corrected chi connectivity index (χ4v) is 0. The molecule has 7 heavy (non-hydrogen) atoms. The standard InChI is InChI=1S/C4H6O2.ClH/c1-3(5)4(2)6;/h1-2H3;1H. The van der Waals surface area contributed by atoms with Crippen LogP contribution < -0.4 is 0 Å². The highest BCUT2D eigenvalue weighted by molar-refractivity contribution is 6.35. The summed E-state index contributed by atoms with van der Waals surface area (Å²) < 4.78 is 0. The molecule has 0 aromatic heterocycles. The number of Topliss-reactive ketones (excluding diaryl/α,β-unsaturated/α-hetero) is 2. The average molecular weight is 123 g/mol. The lowest BCUT2D eigenvalue weighted by Gasteiger charge is -1.73. The van der Waals surface area contributed by atoms with Crippen LogP contribution in [0.5, 0.6) is 0 Å². The van der Waals surface area contributed by atoms with Gasteiger partial charge in [0.2, 0.25) is 0 Å². The Hall–Kier alpha value is -0.370. The molecule has 0 amide bonds. The second kappa shape index (κ2) is 3.81. The van der Waals surface area contributed by atoms with Crippen LogP contribution in [-0.2, 0) is 9.59 Å². The van der Waals surface area contributed by atoms with Gasteiger partial charge in [0.25, 0.3) is 0 Å². The van der Waals surface area contributed by atoms with E-state index in [0.29, 0.717) is 0 Å². The summed E-state index contributed by atoms with van der Waals surface area (Å²) in [6.07, 6.45) is 0. The maximum absolute atomic E-state index is 9.79. The molecule has 0 N–H and O–H groups in total. The molecule has 0 aromatic carbocycles. The molecule has 42 valence electrons. The third kappa shape index (κ3) is 5.63. The third-order valence-corrected chi connectivity index (χ3v) is 0.496. The molecule has 0 rings (SSSR count). The summed E-state index contributed by atoms with van der Waals surface area (Å²) in [4.78, 5) is 19.6. The van der Waals surface area contributed by atoms with E-state index in [9.17, 15) is 9.59 Å². The molecule has 0 saturated heterocycles. The topological polar surface area (TPSA) is 34.1 Å². The van der Waals surface area contributed by atoms with Crippen LogP contribution in [-0.4, -0.2) is 11.6 Å². The van der Waals surface area contributed by atoms with Crippen molar-refractivity contribution in [3.8, 4) is 0 Å². The first-order valence-electron chi connectivity index (χ1n) is 1.66. The molecule has 0 aliphatic carbocycles. The summed E-state index contributed by atoms with van der Waals surface area (Å²) in [6, 6.07) is 0. The van der Waals surface area contributed by atoms with Crippen molar-refractivity contribution >= 4 is 24.0 Å². The molecule has 0 spiro atoms. The minimum Gasteiger partial charge on any atom is -0.291 e. The molecular weight excluding hydrogens is 115 g/mol. The van der Waals surface area contributed by atoms with E-state index in [1.165, 1.54) is 13.8 Å².